The molecule has 0 bridgehead atoms. The molecule has 3 rings (SSSR count). The van der Waals surface area contributed by atoms with Crippen LogP contribution in [0.15, 0.2) is 88.2 Å². The van der Waals surface area contributed by atoms with E-state index in [1.807, 2.05) is 12.1 Å². The first-order chi connectivity index (χ1) is 12.9. The second-order valence-corrected chi connectivity index (χ2v) is 8.56. The van der Waals surface area contributed by atoms with Gasteiger partial charge < -0.3 is 5.32 Å². The molecule has 1 N–H and O–H groups in total. The molecule has 27 heavy (non-hydrogen) atoms. The van der Waals surface area contributed by atoms with Gasteiger partial charge in [-0.25, -0.2) is 8.42 Å². The fourth-order valence-corrected chi connectivity index (χ4v) is 4.19. The summed E-state index contributed by atoms with van der Waals surface area (Å²) in [4.78, 5) is 13.0. The summed E-state index contributed by atoms with van der Waals surface area (Å²) in [5, 5.41) is 2.81. The van der Waals surface area contributed by atoms with Crippen LogP contribution in [0.2, 0.25) is 0 Å². The molecule has 0 heterocycles. The molecular weight excluding hydrogens is 428 g/mol. The Labute approximate surface area is 166 Å². The molecule has 138 valence electrons. The number of nitrogens with one attached hydrogen (secondary N) is 1. The zero-order valence-corrected chi connectivity index (χ0v) is 16.9. The highest BCUT2D eigenvalue weighted by Gasteiger charge is 2.25. The van der Waals surface area contributed by atoms with Crippen molar-refractivity contribution in [2.45, 2.75) is 4.90 Å². The smallest absolute Gasteiger partial charge is 0.264 e. The van der Waals surface area contributed by atoms with E-state index in [4.69, 9.17) is 0 Å². The molecule has 0 saturated heterocycles. The van der Waals surface area contributed by atoms with Gasteiger partial charge in [0.15, 0.2) is 0 Å². The molecule has 0 aliphatic carbocycles. The third-order valence-corrected chi connectivity index (χ3v) is 6.49. The number of para-hydroxylation sites is 2. The lowest BCUT2D eigenvalue weighted by Gasteiger charge is -2.22. The maximum absolute atomic E-state index is 12.9. The monoisotopic (exact) mass is 444 g/mol. The van der Waals surface area contributed by atoms with Crippen molar-refractivity contribution in [2.75, 3.05) is 16.7 Å². The molecule has 0 aliphatic rings. The number of rotatable bonds is 5. The van der Waals surface area contributed by atoms with Gasteiger partial charge in [0.2, 0.25) is 0 Å². The van der Waals surface area contributed by atoms with Crippen molar-refractivity contribution >= 4 is 43.2 Å². The van der Waals surface area contributed by atoms with E-state index in [1.54, 1.807) is 54.6 Å². The maximum Gasteiger partial charge on any atom is 0.264 e. The maximum atomic E-state index is 12.9. The minimum Gasteiger partial charge on any atom is -0.321 e. The van der Waals surface area contributed by atoms with Crippen molar-refractivity contribution in [3.8, 4) is 0 Å². The van der Waals surface area contributed by atoms with Crippen molar-refractivity contribution in [3.63, 3.8) is 0 Å². The van der Waals surface area contributed by atoms with Crippen LogP contribution in [-0.2, 0) is 10.0 Å². The summed E-state index contributed by atoms with van der Waals surface area (Å²) < 4.78 is 27.7. The van der Waals surface area contributed by atoms with Gasteiger partial charge in [-0.05, 0) is 52.3 Å². The van der Waals surface area contributed by atoms with E-state index < -0.39 is 15.9 Å². The number of hydrogen-bond acceptors (Lipinski definition) is 3. The summed E-state index contributed by atoms with van der Waals surface area (Å²) in [5.74, 6) is -0.396. The van der Waals surface area contributed by atoms with Gasteiger partial charge in [0.25, 0.3) is 15.9 Å². The number of sulfonamides is 1. The van der Waals surface area contributed by atoms with Crippen LogP contribution in [0.4, 0.5) is 11.4 Å². The minimum atomic E-state index is -3.79. The number of carbonyl (C=O) groups is 1. The van der Waals surface area contributed by atoms with Crippen LogP contribution in [0.3, 0.4) is 0 Å². The molecular formula is C20H17BrN2O3S. The van der Waals surface area contributed by atoms with Crippen LogP contribution >= 0.6 is 15.9 Å². The molecule has 0 fully saturated rings. The van der Waals surface area contributed by atoms with Gasteiger partial charge in [-0.1, -0.05) is 42.5 Å². The Kier molecular flexibility index (Phi) is 5.62. The standard InChI is InChI=1S/C20H17BrN2O3S/c1-23(27(25,26)15-9-3-2-4-10-15)19-14-8-5-11-16(19)20(24)22-18-13-7-6-12-17(18)21/h2-14H,1H3,(H,22,24). The number of carbonyl (C=O) groups excluding carboxylic acids is 1. The van der Waals surface area contributed by atoms with Gasteiger partial charge in [-0.2, -0.15) is 0 Å². The molecule has 0 aromatic heterocycles. The molecule has 0 aliphatic heterocycles. The number of amides is 1. The van der Waals surface area contributed by atoms with E-state index in [0.717, 1.165) is 8.78 Å². The van der Waals surface area contributed by atoms with Gasteiger partial charge >= 0.3 is 0 Å². The molecule has 0 radical (unpaired) electrons. The van der Waals surface area contributed by atoms with Crippen molar-refractivity contribution < 1.29 is 13.2 Å². The average Bonchev–Trinajstić information content (AvgIpc) is 2.69. The van der Waals surface area contributed by atoms with Gasteiger partial charge in [-0.3, -0.25) is 9.10 Å². The third-order valence-electron chi connectivity index (χ3n) is 4.01. The molecule has 3 aromatic rings. The minimum absolute atomic E-state index is 0.161. The van der Waals surface area contributed by atoms with Crippen molar-refractivity contribution in [2.24, 2.45) is 0 Å². The van der Waals surface area contributed by atoms with Crippen LogP contribution in [0, 0.1) is 0 Å². The molecule has 0 atom stereocenters. The van der Waals surface area contributed by atoms with Crippen LogP contribution in [0.1, 0.15) is 10.4 Å². The first kappa shape index (κ1) is 19.1. The van der Waals surface area contributed by atoms with E-state index in [0.29, 0.717) is 11.4 Å². The highest BCUT2D eigenvalue weighted by atomic mass is 79.9. The summed E-state index contributed by atoms with van der Waals surface area (Å²) in [6, 6.07) is 21.9. The van der Waals surface area contributed by atoms with E-state index in [9.17, 15) is 13.2 Å². The van der Waals surface area contributed by atoms with E-state index >= 15 is 0 Å². The Morgan fingerprint density at radius 2 is 1.48 bits per heavy atom. The van der Waals surface area contributed by atoms with Crippen molar-refractivity contribution in [1.29, 1.82) is 0 Å². The number of hydrogen-bond donors (Lipinski definition) is 1. The zero-order valence-electron chi connectivity index (χ0n) is 14.5. The quantitative estimate of drug-likeness (QED) is 0.628. The zero-order chi connectivity index (χ0) is 19.4. The molecule has 3 aromatic carbocycles. The average molecular weight is 445 g/mol. The van der Waals surface area contributed by atoms with Crippen LogP contribution in [0.25, 0.3) is 0 Å². The number of nitrogens with zero attached hydrogens (tertiary/aromatic N) is 1. The van der Waals surface area contributed by atoms with Gasteiger partial charge in [0.05, 0.1) is 21.8 Å². The van der Waals surface area contributed by atoms with Crippen LogP contribution < -0.4 is 9.62 Å². The summed E-state index contributed by atoms with van der Waals surface area (Å²) in [6.07, 6.45) is 0. The Hall–Kier alpha value is -2.64. The molecule has 0 saturated carbocycles. The second-order valence-electron chi connectivity index (χ2n) is 5.74. The summed E-state index contributed by atoms with van der Waals surface area (Å²) in [7, 11) is -2.35. The SMILES string of the molecule is CN(c1ccccc1C(=O)Nc1ccccc1Br)S(=O)(=O)c1ccccc1. The Morgan fingerprint density at radius 3 is 2.19 bits per heavy atom. The molecule has 5 nitrogen and oxygen atoms in total. The summed E-state index contributed by atoms with van der Waals surface area (Å²) >= 11 is 3.39. The lowest BCUT2D eigenvalue weighted by Crippen LogP contribution is -2.29. The van der Waals surface area contributed by atoms with Crippen LogP contribution in [0.5, 0.6) is 0 Å². The van der Waals surface area contributed by atoms with E-state index in [2.05, 4.69) is 21.2 Å². The molecule has 7 heteroatoms. The highest BCUT2D eigenvalue weighted by molar-refractivity contribution is 9.10. The summed E-state index contributed by atoms with van der Waals surface area (Å²) in [5.41, 5.74) is 1.16. The highest BCUT2D eigenvalue weighted by Crippen LogP contribution is 2.27. The predicted molar refractivity (Wildman–Crippen MR) is 111 cm³/mol. The first-order valence-electron chi connectivity index (χ1n) is 8.10. The Bertz CT molecular complexity index is 1070. The largest absolute Gasteiger partial charge is 0.321 e. The lowest BCUT2D eigenvalue weighted by atomic mass is 10.1. The Balaban J connectivity index is 1.96. The Morgan fingerprint density at radius 1 is 0.889 bits per heavy atom. The van der Waals surface area contributed by atoms with Gasteiger partial charge in [0, 0.05) is 11.5 Å². The second kappa shape index (κ2) is 7.94. The normalized spacial score (nSPS) is 11.0. The predicted octanol–water partition coefficient (Wildman–Crippen LogP) is 4.53. The van der Waals surface area contributed by atoms with Crippen LogP contribution in [-0.4, -0.2) is 21.4 Å². The number of anilines is 2. The van der Waals surface area contributed by atoms with Gasteiger partial charge in [-0.15, -0.1) is 0 Å². The van der Waals surface area contributed by atoms with Gasteiger partial charge in [0.1, 0.15) is 0 Å². The molecule has 0 unspecified atom stereocenters. The van der Waals surface area contributed by atoms with E-state index in [1.165, 1.54) is 19.2 Å². The van der Waals surface area contributed by atoms with E-state index in [-0.39, 0.29) is 10.5 Å². The topological polar surface area (TPSA) is 66.5 Å². The third kappa shape index (κ3) is 4.04. The molecule has 1 amide bonds. The van der Waals surface area contributed by atoms with Crippen molar-refractivity contribution in [3.05, 3.63) is 88.9 Å². The van der Waals surface area contributed by atoms with Crippen molar-refractivity contribution in [1.82, 2.24) is 0 Å². The lowest BCUT2D eigenvalue weighted by molar-refractivity contribution is 0.102. The molecule has 0 spiro atoms. The fourth-order valence-electron chi connectivity index (χ4n) is 2.57. The summed E-state index contributed by atoms with van der Waals surface area (Å²) in [6.45, 7) is 0. The number of halogens is 1. The fraction of sp³-hybridized carbons (Fsp3) is 0.0500. The first-order valence-corrected chi connectivity index (χ1v) is 10.3. The number of benzene rings is 3.